The number of benzene rings is 1. The molecule has 1 aromatic carbocycles. The van der Waals surface area contributed by atoms with E-state index in [9.17, 15) is 4.79 Å². The van der Waals surface area contributed by atoms with Gasteiger partial charge in [0.2, 0.25) is 0 Å². The lowest BCUT2D eigenvalue weighted by molar-refractivity contribution is 0.0307. The first kappa shape index (κ1) is 10.5. The third-order valence-corrected chi connectivity index (χ3v) is 3.90. The fourth-order valence-corrected chi connectivity index (χ4v) is 2.83. The van der Waals surface area contributed by atoms with Gasteiger partial charge in [-0.25, -0.2) is 4.79 Å². The number of hydrogen-bond acceptors (Lipinski definition) is 3. The van der Waals surface area contributed by atoms with Gasteiger partial charge in [-0.05, 0) is 35.4 Å². The maximum absolute atomic E-state index is 11.9. The van der Waals surface area contributed by atoms with Crippen molar-refractivity contribution < 1.29 is 9.53 Å². The molecular weight excluding hydrogens is 232 g/mol. The van der Waals surface area contributed by atoms with Crippen LogP contribution in [-0.4, -0.2) is 5.97 Å². The summed E-state index contributed by atoms with van der Waals surface area (Å²) in [6, 6.07) is 11.8. The molecule has 0 fully saturated rings. The Labute approximate surface area is 104 Å². The van der Waals surface area contributed by atoms with Crippen molar-refractivity contribution in [3.8, 4) is 0 Å². The average molecular weight is 244 g/mol. The fraction of sp³-hybridized carbons (Fsp3) is 0.214. The van der Waals surface area contributed by atoms with Crippen LogP contribution in [0.3, 0.4) is 0 Å². The van der Waals surface area contributed by atoms with Crippen LogP contribution in [0.5, 0.6) is 0 Å². The predicted octanol–water partition coefficient (Wildman–Crippen LogP) is 3.59. The van der Waals surface area contributed by atoms with Gasteiger partial charge in [-0.3, -0.25) is 0 Å². The van der Waals surface area contributed by atoms with E-state index in [0.29, 0.717) is 4.88 Å². The Morgan fingerprint density at radius 1 is 1.24 bits per heavy atom. The van der Waals surface area contributed by atoms with Crippen LogP contribution >= 0.6 is 11.3 Å². The number of hydrogen-bond donors (Lipinski definition) is 0. The SMILES string of the molecule is O=C(OC1CCc2ccccc21)c1cccs1. The highest BCUT2D eigenvalue weighted by Crippen LogP contribution is 2.34. The van der Waals surface area contributed by atoms with Crippen molar-refractivity contribution in [2.24, 2.45) is 0 Å². The summed E-state index contributed by atoms with van der Waals surface area (Å²) in [5, 5.41) is 1.89. The highest BCUT2D eigenvalue weighted by atomic mass is 32.1. The van der Waals surface area contributed by atoms with Crippen LogP contribution in [0.15, 0.2) is 41.8 Å². The van der Waals surface area contributed by atoms with E-state index in [-0.39, 0.29) is 12.1 Å². The quantitative estimate of drug-likeness (QED) is 0.755. The molecule has 2 nitrogen and oxygen atoms in total. The second-order valence-electron chi connectivity index (χ2n) is 4.11. The summed E-state index contributed by atoms with van der Waals surface area (Å²) >= 11 is 1.42. The molecule has 2 aromatic rings. The molecule has 0 amide bonds. The number of thiophene rings is 1. The first-order valence-corrected chi connectivity index (χ1v) is 6.55. The number of carbonyl (C=O) groups is 1. The van der Waals surface area contributed by atoms with Gasteiger partial charge in [0.15, 0.2) is 0 Å². The first-order valence-electron chi connectivity index (χ1n) is 5.67. The van der Waals surface area contributed by atoms with Crippen molar-refractivity contribution in [3.63, 3.8) is 0 Å². The van der Waals surface area contributed by atoms with Gasteiger partial charge in [-0.15, -0.1) is 11.3 Å². The summed E-state index contributed by atoms with van der Waals surface area (Å²) in [6.45, 7) is 0. The summed E-state index contributed by atoms with van der Waals surface area (Å²) in [5.74, 6) is -0.207. The van der Waals surface area contributed by atoms with Crippen molar-refractivity contribution in [1.29, 1.82) is 0 Å². The summed E-state index contributed by atoms with van der Waals surface area (Å²) in [5.41, 5.74) is 2.47. The van der Waals surface area contributed by atoms with Crippen LogP contribution in [0.1, 0.15) is 33.3 Å². The van der Waals surface area contributed by atoms with Crippen LogP contribution in [-0.2, 0) is 11.2 Å². The highest BCUT2D eigenvalue weighted by molar-refractivity contribution is 7.11. The first-order chi connectivity index (χ1) is 8.34. The number of carbonyl (C=O) groups excluding carboxylic acids is 1. The minimum absolute atomic E-state index is 0.0687. The molecule has 1 aromatic heterocycles. The Morgan fingerprint density at radius 3 is 2.94 bits per heavy atom. The Bertz CT molecular complexity index is 531. The molecule has 0 bridgehead atoms. The van der Waals surface area contributed by atoms with Crippen molar-refractivity contribution >= 4 is 17.3 Å². The van der Waals surface area contributed by atoms with E-state index in [0.717, 1.165) is 18.4 Å². The average Bonchev–Trinajstić information content (AvgIpc) is 2.98. The monoisotopic (exact) mass is 244 g/mol. The van der Waals surface area contributed by atoms with Crippen LogP contribution in [0, 0.1) is 0 Å². The van der Waals surface area contributed by atoms with E-state index < -0.39 is 0 Å². The van der Waals surface area contributed by atoms with Crippen LogP contribution in [0.25, 0.3) is 0 Å². The van der Waals surface area contributed by atoms with Crippen LogP contribution in [0.2, 0.25) is 0 Å². The molecule has 0 saturated heterocycles. The van der Waals surface area contributed by atoms with E-state index in [4.69, 9.17) is 4.74 Å². The highest BCUT2D eigenvalue weighted by Gasteiger charge is 2.25. The zero-order chi connectivity index (χ0) is 11.7. The normalized spacial score (nSPS) is 17.8. The van der Waals surface area contributed by atoms with Gasteiger partial charge in [0.05, 0.1) is 0 Å². The maximum atomic E-state index is 11.9. The number of fused-ring (bicyclic) bond motifs is 1. The summed E-state index contributed by atoms with van der Waals surface area (Å²) in [6.07, 6.45) is 1.83. The molecule has 0 aliphatic heterocycles. The molecule has 3 heteroatoms. The van der Waals surface area contributed by atoms with Crippen molar-refractivity contribution in [2.45, 2.75) is 18.9 Å². The Balaban J connectivity index is 1.78. The molecule has 0 saturated carbocycles. The van der Waals surface area contributed by atoms with Crippen molar-refractivity contribution in [1.82, 2.24) is 0 Å². The predicted molar refractivity (Wildman–Crippen MR) is 67.2 cm³/mol. The molecule has 3 rings (SSSR count). The molecule has 1 heterocycles. The van der Waals surface area contributed by atoms with E-state index in [1.54, 1.807) is 6.07 Å². The van der Waals surface area contributed by atoms with Gasteiger partial charge < -0.3 is 4.74 Å². The molecule has 17 heavy (non-hydrogen) atoms. The van der Waals surface area contributed by atoms with E-state index >= 15 is 0 Å². The molecule has 1 aliphatic rings. The molecule has 1 unspecified atom stereocenters. The zero-order valence-corrected chi connectivity index (χ0v) is 10.1. The van der Waals surface area contributed by atoms with Gasteiger partial charge >= 0.3 is 5.97 Å². The minimum Gasteiger partial charge on any atom is -0.453 e. The number of aryl methyl sites for hydroxylation is 1. The van der Waals surface area contributed by atoms with Gasteiger partial charge in [0.1, 0.15) is 11.0 Å². The van der Waals surface area contributed by atoms with Crippen LogP contribution in [0.4, 0.5) is 0 Å². The second-order valence-corrected chi connectivity index (χ2v) is 5.06. The molecule has 0 N–H and O–H groups in total. The number of rotatable bonds is 2. The Kier molecular flexibility index (Phi) is 2.69. The molecular formula is C14H12O2S. The fourth-order valence-electron chi connectivity index (χ4n) is 2.22. The topological polar surface area (TPSA) is 26.3 Å². The standard InChI is InChI=1S/C14H12O2S/c15-14(13-6-3-9-17-13)16-12-8-7-10-4-1-2-5-11(10)12/h1-6,9,12H,7-8H2. The van der Waals surface area contributed by atoms with Gasteiger partial charge in [-0.2, -0.15) is 0 Å². The molecule has 0 radical (unpaired) electrons. The third-order valence-electron chi connectivity index (χ3n) is 3.05. The lowest BCUT2D eigenvalue weighted by atomic mass is 10.1. The smallest absolute Gasteiger partial charge is 0.348 e. The van der Waals surface area contributed by atoms with E-state index in [1.165, 1.54) is 16.9 Å². The molecule has 1 aliphatic carbocycles. The zero-order valence-electron chi connectivity index (χ0n) is 9.26. The number of esters is 1. The largest absolute Gasteiger partial charge is 0.453 e. The summed E-state index contributed by atoms with van der Waals surface area (Å²) < 4.78 is 5.55. The maximum Gasteiger partial charge on any atom is 0.348 e. The van der Waals surface area contributed by atoms with E-state index in [2.05, 4.69) is 12.1 Å². The van der Waals surface area contributed by atoms with Gasteiger partial charge in [0, 0.05) is 0 Å². The molecule has 1 atom stereocenters. The van der Waals surface area contributed by atoms with Crippen molar-refractivity contribution in [2.75, 3.05) is 0 Å². The second kappa shape index (κ2) is 4.34. The molecule has 0 spiro atoms. The lowest BCUT2D eigenvalue weighted by Crippen LogP contribution is -2.08. The van der Waals surface area contributed by atoms with Gasteiger partial charge in [0.25, 0.3) is 0 Å². The Hall–Kier alpha value is -1.61. The number of ether oxygens (including phenoxy) is 1. The third kappa shape index (κ3) is 1.98. The minimum atomic E-state index is -0.207. The molecule has 86 valence electrons. The van der Waals surface area contributed by atoms with Gasteiger partial charge in [-0.1, -0.05) is 30.3 Å². The lowest BCUT2D eigenvalue weighted by Gasteiger charge is -2.12. The van der Waals surface area contributed by atoms with E-state index in [1.807, 2.05) is 23.6 Å². The van der Waals surface area contributed by atoms with Crippen molar-refractivity contribution in [3.05, 3.63) is 57.8 Å². The summed E-state index contributed by atoms with van der Waals surface area (Å²) in [7, 11) is 0. The Morgan fingerprint density at radius 2 is 2.12 bits per heavy atom. The summed E-state index contributed by atoms with van der Waals surface area (Å²) in [4.78, 5) is 12.5. The van der Waals surface area contributed by atoms with Crippen LogP contribution < -0.4 is 0 Å².